The molecule has 1 unspecified atom stereocenters. The van der Waals surface area contributed by atoms with Crippen LogP contribution in [0.2, 0.25) is 0 Å². The van der Waals surface area contributed by atoms with Gasteiger partial charge in [0.15, 0.2) is 0 Å². The molecule has 0 aliphatic rings. The number of aromatic nitrogens is 2. The smallest absolute Gasteiger partial charge is 0.114 e. The Kier molecular flexibility index (Phi) is 2.83. The maximum absolute atomic E-state index is 5.80. The topological polar surface area (TPSA) is 54.7 Å². The third kappa shape index (κ3) is 1.92. The Bertz CT molecular complexity index is 420. The van der Waals surface area contributed by atoms with Gasteiger partial charge in [-0.05, 0) is 18.1 Å². The van der Waals surface area contributed by atoms with E-state index in [4.69, 9.17) is 5.73 Å². The minimum absolute atomic E-state index is 0.168. The lowest BCUT2D eigenvalue weighted by molar-refractivity contribution is 0.759. The minimum Gasteiger partial charge on any atom is -0.348 e. The fourth-order valence-electron chi connectivity index (χ4n) is 1.83. The Morgan fingerprint density at radius 2 is 2.20 bits per heavy atom. The highest BCUT2D eigenvalue weighted by Crippen LogP contribution is 2.23. The van der Waals surface area contributed by atoms with Gasteiger partial charge in [-0.1, -0.05) is 24.3 Å². The quantitative estimate of drug-likeness (QED) is 0.795. The summed E-state index contributed by atoms with van der Waals surface area (Å²) in [6.45, 7) is 2.67. The molecule has 0 spiro atoms. The normalized spacial score (nSPS) is 12.7. The highest BCUT2D eigenvalue weighted by Gasteiger charge is 2.15. The van der Waals surface area contributed by atoms with Crippen LogP contribution in [-0.2, 0) is 0 Å². The minimum atomic E-state index is 0.168. The number of nitrogens with zero attached hydrogens (tertiary/aromatic N) is 1. The van der Waals surface area contributed by atoms with Crippen molar-refractivity contribution in [3.8, 4) is 0 Å². The fraction of sp³-hybridized carbons (Fsp3) is 0.250. The third-order valence-corrected chi connectivity index (χ3v) is 2.65. The Hall–Kier alpha value is -1.61. The molecule has 15 heavy (non-hydrogen) atoms. The van der Waals surface area contributed by atoms with Crippen LogP contribution in [0.15, 0.2) is 36.7 Å². The highest BCUT2D eigenvalue weighted by atomic mass is 14.9. The van der Waals surface area contributed by atoms with Crippen molar-refractivity contribution in [3.63, 3.8) is 0 Å². The van der Waals surface area contributed by atoms with Gasteiger partial charge in [-0.15, -0.1) is 0 Å². The van der Waals surface area contributed by atoms with Crippen molar-refractivity contribution in [2.75, 3.05) is 6.54 Å². The maximum Gasteiger partial charge on any atom is 0.114 e. The van der Waals surface area contributed by atoms with E-state index in [1.807, 2.05) is 18.3 Å². The number of rotatable bonds is 3. The van der Waals surface area contributed by atoms with E-state index in [0.717, 1.165) is 5.82 Å². The summed E-state index contributed by atoms with van der Waals surface area (Å²) >= 11 is 0. The van der Waals surface area contributed by atoms with Crippen LogP contribution in [-0.4, -0.2) is 16.5 Å². The summed E-state index contributed by atoms with van der Waals surface area (Å²) in [7, 11) is 0. The average molecular weight is 201 g/mol. The van der Waals surface area contributed by atoms with E-state index in [1.165, 1.54) is 11.1 Å². The van der Waals surface area contributed by atoms with Crippen LogP contribution < -0.4 is 5.73 Å². The van der Waals surface area contributed by atoms with Gasteiger partial charge in [-0.2, -0.15) is 0 Å². The number of benzene rings is 1. The van der Waals surface area contributed by atoms with Crippen LogP contribution in [0.25, 0.3) is 0 Å². The molecule has 1 atom stereocenters. The molecule has 0 saturated carbocycles. The number of aromatic amines is 1. The van der Waals surface area contributed by atoms with E-state index in [-0.39, 0.29) is 5.92 Å². The van der Waals surface area contributed by atoms with E-state index >= 15 is 0 Å². The van der Waals surface area contributed by atoms with Crippen molar-refractivity contribution in [2.45, 2.75) is 12.8 Å². The Morgan fingerprint density at radius 3 is 2.80 bits per heavy atom. The average Bonchev–Trinajstić information content (AvgIpc) is 2.75. The second-order valence-corrected chi connectivity index (χ2v) is 3.62. The standard InChI is InChI=1S/C12H15N3/c1-9-4-2-3-5-10(9)11(8-13)12-14-6-7-15-12/h2-7,11H,8,13H2,1H3,(H,14,15). The summed E-state index contributed by atoms with van der Waals surface area (Å²) in [4.78, 5) is 7.39. The highest BCUT2D eigenvalue weighted by molar-refractivity contribution is 5.33. The van der Waals surface area contributed by atoms with Gasteiger partial charge in [-0.25, -0.2) is 4.98 Å². The number of nitrogens with one attached hydrogen (secondary N) is 1. The van der Waals surface area contributed by atoms with Gasteiger partial charge in [0.25, 0.3) is 0 Å². The molecule has 2 aromatic rings. The van der Waals surface area contributed by atoms with Gasteiger partial charge >= 0.3 is 0 Å². The molecule has 78 valence electrons. The number of H-pyrrole nitrogens is 1. The molecule has 1 aromatic heterocycles. The van der Waals surface area contributed by atoms with Gasteiger partial charge < -0.3 is 10.7 Å². The number of nitrogens with two attached hydrogens (primary N) is 1. The summed E-state index contributed by atoms with van der Waals surface area (Å²) < 4.78 is 0. The third-order valence-electron chi connectivity index (χ3n) is 2.65. The van der Waals surface area contributed by atoms with E-state index in [0.29, 0.717) is 6.54 Å². The van der Waals surface area contributed by atoms with Gasteiger partial charge in [-0.3, -0.25) is 0 Å². The van der Waals surface area contributed by atoms with Crippen molar-refractivity contribution in [2.24, 2.45) is 5.73 Å². The first kappa shape index (κ1) is 9.93. The lowest BCUT2D eigenvalue weighted by Crippen LogP contribution is -2.16. The van der Waals surface area contributed by atoms with Gasteiger partial charge in [0, 0.05) is 18.9 Å². The van der Waals surface area contributed by atoms with Crippen molar-refractivity contribution in [1.82, 2.24) is 9.97 Å². The first-order chi connectivity index (χ1) is 7.33. The largest absolute Gasteiger partial charge is 0.348 e. The summed E-state index contributed by atoms with van der Waals surface area (Å²) in [5, 5.41) is 0. The van der Waals surface area contributed by atoms with Crippen molar-refractivity contribution in [3.05, 3.63) is 53.6 Å². The second-order valence-electron chi connectivity index (χ2n) is 3.62. The molecule has 0 radical (unpaired) electrons. The molecule has 3 N–H and O–H groups in total. The van der Waals surface area contributed by atoms with Crippen LogP contribution in [0, 0.1) is 6.92 Å². The molecule has 1 heterocycles. The van der Waals surface area contributed by atoms with Gasteiger partial charge in [0.1, 0.15) is 5.82 Å². The first-order valence-electron chi connectivity index (χ1n) is 5.08. The predicted octanol–water partition coefficient (Wildman–Crippen LogP) is 1.81. The lowest BCUT2D eigenvalue weighted by atomic mass is 9.94. The van der Waals surface area contributed by atoms with E-state index in [1.54, 1.807) is 6.20 Å². The number of aryl methyl sites for hydroxylation is 1. The second kappa shape index (κ2) is 4.28. The molecule has 1 aromatic carbocycles. The van der Waals surface area contributed by atoms with E-state index < -0.39 is 0 Å². The first-order valence-corrected chi connectivity index (χ1v) is 5.08. The van der Waals surface area contributed by atoms with Gasteiger partial charge in [0.2, 0.25) is 0 Å². The van der Waals surface area contributed by atoms with Gasteiger partial charge in [0.05, 0.1) is 5.92 Å². The van der Waals surface area contributed by atoms with Crippen LogP contribution in [0.4, 0.5) is 0 Å². The number of hydrogen-bond donors (Lipinski definition) is 2. The van der Waals surface area contributed by atoms with Crippen molar-refractivity contribution < 1.29 is 0 Å². The maximum atomic E-state index is 5.80. The van der Waals surface area contributed by atoms with Crippen LogP contribution in [0.5, 0.6) is 0 Å². The zero-order valence-corrected chi connectivity index (χ0v) is 8.77. The predicted molar refractivity (Wildman–Crippen MR) is 60.7 cm³/mol. The Balaban J connectivity index is 2.40. The number of hydrogen-bond acceptors (Lipinski definition) is 2. The molecule has 3 nitrogen and oxygen atoms in total. The molecule has 0 bridgehead atoms. The van der Waals surface area contributed by atoms with Crippen LogP contribution >= 0.6 is 0 Å². The summed E-state index contributed by atoms with van der Waals surface area (Å²) in [6.07, 6.45) is 3.59. The molecule has 0 aliphatic heterocycles. The van der Waals surface area contributed by atoms with Crippen molar-refractivity contribution >= 4 is 0 Å². The van der Waals surface area contributed by atoms with Crippen LogP contribution in [0.1, 0.15) is 22.9 Å². The zero-order valence-electron chi connectivity index (χ0n) is 8.77. The molecular weight excluding hydrogens is 186 g/mol. The Labute approximate surface area is 89.4 Å². The molecule has 3 heteroatoms. The molecule has 2 rings (SSSR count). The SMILES string of the molecule is Cc1ccccc1C(CN)c1ncc[nH]1. The molecule has 0 amide bonds. The van der Waals surface area contributed by atoms with E-state index in [2.05, 4.69) is 29.0 Å². The molecule has 0 aliphatic carbocycles. The Morgan fingerprint density at radius 1 is 1.40 bits per heavy atom. The summed E-state index contributed by atoms with van der Waals surface area (Å²) in [5.41, 5.74) is 8.30. The van der Waals surface area contributed by atoms with E-state index in [9.17, 15) is 0 Å². The fourth-order valence-corrected chi connectivity index (χ4v) is 1.83. The molecule has 0 saturated heterocycles. The monoisotopic (exact) mass is 201 g/mol. The molecule has 0 fully saturated rings. The summed E-state index contributed by atoms with van der Waals surface area (Å²) in [5.74, 6) is 1.10. The molecular formula is C12H15N3. The lowest BCUT2D eigenvalue weighted by Gasteiger charge is -2.14. The zero-order chi connectivity index (χ0) is 10.7. The number of imidazole rings is 1. The van der Waals surface area contributed by atoms with Crippen LogP contribution in [0.3, 0.4) is 0 Å². The summed E-state index contributed by atoms with van der Waals surface area (Å²) in [6, 6.07) is 8.28. The van der Waals surface area contributed by atoms with Crippen molar-refractivity contribution in [1.29, 1.82) is 0 Å².